The summed E-state index contributed by atoms with van der Waals surface area (Å²) < 4.78 is 4.49. The van der Waals surface area contributed by atoms with Crippen molar-refractivity contribution in [3.8, 4) is 11.3 Å². The molecule has 0 spiro atoms. The number of benzene rings is 3. The molecule has 5 aromatic rings. The van der Waals surface area contributed by atoms with Gasteiger partial charge in [-0.2, -0.15) is 4.40 Å². The summed E-state index contributed by atoms with van der Waals surface area (Å²) in [6.45, 7) is 8.97. The third kappa shape index (κ3) is 3.13. The van der Waals surface area contributed by atoms with Crippen LogP contribution in [-0.4, -0.2) is 28.0 Å². The van der Waals surface area contributed by atoms with Crippen molar-refractivity contribution in [3.05, 3.63) is 72.4 Å². The number of imide groups is 2. The molecular weight excluding hydrogens is 540 g/mol. The van der Waals surface area contributed by atoms with Crippen LogP contribution in [0.25, 0.3) is 38.6 Å². The molecule has 214 valence electrons. The van der Waals surface area contributed by atoms with E-state index in [9.17, 15) is 19.2 Å². The van der Waals surface area contributed by atoms with E-state index in [0.29, 0.717) is 22.6 Å². The van der Waals surface area contributed by atoms with Gasteiger partial charge in [0.1, 0.15) is 17.3 Å². The number of fused-ring (bicyclic) bond motifs is 3. The number of hydrogen-bond donors (Lipinski definition) is 0. The second kappa shape index (κ2) is 8.37. The lowest BCUT2D eigenvalue weighted by Crippen LogP contribution is -2.63. The van der Waals surface area contributed by atoms with Gasteiger partial charge in [0.2, 0.25) is 23.6 Å². The van der Waals surface area contributed by atoms with Crippen LogP contribution >= 0.6 is 0 Å². The van der Waals surface area contributed by atoms with Crippen molar-refractivity contribution in [1.29, 1.82) is 0 Å². The average Bonchev–Trinajstić information content (AvgIpc) is 3.66. The number of aromatic nitrogens is 2. The molecule has 0 bridgehead atoms. The summed E-state index contributed by atoms with van der Waals surface area (Å²) in [5.41, 5.74) is 4.51. The maximum absolute atomic E-state index is 13.2. The molecule has 43 heavy (non-hydrogen) atoms. The highest BCUT2D eigenvalue weighted by molar-refractivity contribution is 6.25. The van der Waals surface area contributed by atoms with Crippen LogP contribution in [0, 0.1) is 0 Å². The summed E-state index contributed by atoms with van der Waals surface area (Å²) in [7, 11) is 0. The fraction of sp³-hybridized carbons (Fsp3) is 0.286. The van der Waals surface area contributed by atoms with Gasteiger partial charge in [-0.15, -0.1) is 0 Å². The molecule has 0 radical (unpaired) electrons. The Balaban J connectivity index is 1.60. The Bertz CT molecular complexity index is 2050. The molecule has 3 aliphatic rings. The first kappa shape index (κ1) is 25.8. The highest BCUT2D eigenvalue weighted by Crippen LogP contribution is 2.49. The Labute approximate surface area is 248 Å². The van der Waals surface area contributed by atoms with E-state index in [1.165, 1.54) is 15.4 Å². The monoisotopic (exact) mass is 571 g/mol. The number of carbonyl (C=O) groups is 4. The zero-order chi connectivity index (χ0) is 30.0. The maximum Gasteiger partial charge on any atom is 0.296 e. The van der Waals surface area contributed by atoms with Gasteiger partial charge in [0.05, 0.1) is 22.3 Å². The molecule has 0 saturated carbocycles. The molecule has 3 aromatic carbocycles. The first-order valence-electron chi connectivity index (χ1n) is 14.8. The van der Waals surface area contributed by atoms with Crippen LogP contribution in [0.3, 0.4) is 0 Å². The number of nitrogens with zero attached hydrogens (tertiary/aromatic N) is 4. The van der Waals surface area contributed by atoms with Crippen LogP contribution < -0.4 is 14.4 Å². The number of anilines is 2. The number of amides is 4. The quantitative estimate of drug-likeness (QED) is 0.162. The molecule has 8 heteroatoms. The van der Waals surface area contributed by atoms with Crippen molar-refractivity contribution in [3.63, 3.8) is 0 Å². The fourth-order valence-corrected chi connectivity index (χ4v) is 7.46. The van der Waals surface area contributed by atoms with Gasteiger partial charge >= 0.3 is 0 Å². The number of imidazole rings is 1. The minimum Gasteiger partial charge on any atom is -0.274 e. The maximum atomic E-state index is 13.2. The third-order valence-electron chi connectivity index (χ3n) is 10.3. The standard InChI is InChI=1S/C35H31N4O4/c1-34(2)22-11-7-10-21-20-9-5-6-12-23(20)37-26(19-36(35(34,3)4)33(37)31(21)22)32-24(38-27(40)15-16-28(38)41)13-8-14-25(32)39-29(42)17-18-30(39)43/h5-14,19H,15-18H2,1-4H3/q+1. The van der Waals surface area contributed by atoms with Crippen LogP contribution in [-0.2, 0) is 30.1 Å². The van der Waals surface area contributed by atoms with E-state index in [1.54, 1.807) is 18.2 Å². The lowest BCUT2D eigenvalue weighted by atomic mass is 9.66. The van der Waals surface area contributed by atoms with Gasteiger partial charge in [0.15, 0.2) is 5.69 Å². The second-order valence-electron chi connectivity index (χ2n) is 12.9. The van der Waals surface area contributed by atoms with Gasteiger partial charge in [-0.1, -0.05) is 56.3 Å². The molecular formula is C35H31N4O4+. The Morgan fingerprint density at radius 3 is 1.79 bits per heavy atom. The summed E-state index contributed by atoms with van der Waals surface area (Å²) in [5.74, 6) is -1.17. The molecule has 0 N–H and O–H groups in total. The Morgan fingerprint density at radius 1 is 0.651 bits per heavy atom. The van der Waals surface area contributed by atoms with Gasteiger partial charge in [-0.3, -0.25) is 19.2 Å². The molecule has 8 nitrogen and oxygen atoms in total. The summed E-state index contributed by atoms with van der Waals surface area (Å²) >= 11 is 0. The summed E-state index contributed by atoms with van der Waals surface area (Å²) in [6.07, 6.45) is 2.57. The molecule has 4 amide bonds. The van der Waals surface area contributed by atoms with Gasteiger partial charge in [-0.05, 0) is 37.6 Å². The van der Waals surface area contributed by atoms with Gasteiger partial charge in [0, 0.05) is 41.9 Å². The average molecular weight is 572 g/mol. The van der Waals surface area contributed by atoms with E-state index in [2.05, 4.69) is 73.2 Å². The van der Waals surface area contributed by atoms with Crippen molar-refractivity contribution in [2.45, 2.75) is 64.3 Å². The Kier molecular flexibility index (Phi) is 5.03. The lowest BCUT2D eigenvalue weighted by molar-refractivity contribution is -0.744. The molecule has 2 saturated heterocycles. The van der Waals surface area contributed by atoms with Crippen LogP contribution in [0.5, 0.6) is 0 Å². The molecule has 0 atom stereocenters. The molecule has 2 fully saturated rings. The van der Waals surface area contributed by atoms with Gasteiger partial charge in [-0.25, -0.2) is 14.4 Å². The van der Waals surface area contributed by atoms with Crippen LogP contribution in [0.1, 0.15) is 58.9 Å². The number of carbonyl (C=O) groups excluding carboxylic acids is 4. The third-order valence-corrected chi connectivity index (χ3v) is 10.3. The number of para-hydroxylation sites is 1. The summed E-state index contributed by atoms with van der Waals surface area (Å²) in [5, 5.41) is 3.34. The minimum atomic E-state index is -0.395. The number of hydrogen-bond acceptors (Lipinski definition) is 4. The second-order valence-corrected chi connectivity index (χ2v) is 12.9. The number of rotatable bonds is 3. The van der Waals surface area contributed by atoms with E-state index in [1.807, 2.05) is 12.1 Å². The van der Waals surface area contributed by atoms with E-state index >= 15 is 0 Å². The lowest BCUT2D eigenvalue weighted by Gasteiger charge is -2.42. The van der Waals surface area contributed by atoms with Crippen molar-refractivity contribution < 1.29 is 23.7 Å². The topological polar surface area (TPSA) is 83.0 Å². The largest absolute Gasteiger partial charge is 0.296 e. The van der Waals surface area contributed by atoms with Crippen molar-refractivity contribution in [2.24, 2.45) is 0 Å². The van der Waals surface area contributed by atoms with Crippen LogP contribution in [0.2, 0.25) is 0 Å². The highest BCUT2D eigenvalue weighted by Gasteiger charge is 2.51. The smallest absolute Gasteiger partial charge is 0.274 e. The Hall–Kier alpha value is -4.85. The highest BCUT2D eigenvalue weighted by atomic mass is 16.2. The van der Waals surface area contributed by atoms with Crippen molar-refractivity contribution >= 4 is 62.3 Å². The van der Waals surface area contributed by atoms with Gasteiger partial charge in [0.25, 0.3) is 5.65 Å². The van der Waals surface area contributed by atoms with Crippen molar-refractivity contribution in [1.82, 2.24) is 4.40 Å². The Morgan fingerprint density at radius 2 is 1.19 bits per heavy atom. The van der Waals surface area contributed by atoms with Crippen LogP contribution in [0.4, 0.5) is 11.4 Å². The predicted octanol–water partition coefficient (Wildman–Crippen LogP) is 5.53. The molecule has 0 unspecified atom stereocenters. The van der Waals surface area contributed by atoms with Crippen LogP contribution in [0.15, 0.2) is 66.9 Å². The summed E-state index contributed by atoms with van der Waals surface area (Å²) in [6, 6.07) is 19.9. The normalized spacial score (nSPS) is 19.3. The van der Waals surface area contributed by atoms with E-state index < -0.39 is 5.54 Å². The first-order valence-corrected chi connectivity index (χ1v) is 14.8. The van der Waals surface area contributed by atoms with E-state index in [4.69, 9.17) is 0 Å². The first-order chi connectivity index (χ1) is 20.5. The summed E-state index contributed by atoms with van der Waals surface area (Å²) in [4.78, 5) is 55.2. The van der Waals surface area contributed by atoms with Gasteiger partial charge < -0.3 is 0 Å². The number of pyridine rings is 1. The zero-order valence-electron chi connectivity index (χ0n) is 24.6. The zero-order valence-corrected chi connectivity index (χ0v) is 24.6. The molecule has 8 rings (SSSR count). The van der Waals surface area contributed by atoms with E-state index in [0.717, 1.165) is 27.3 Å². The SMILES string of the molecule is CC1(C)c2cccc3c4ccccc4n4c(-c5c(N6C(=O)CCC6=O)cccc5N5C(=O)CCC5=O)c[n+](c4c23)C1(C)C. The molecule has 3 aliphatic heterocycles. The predicted molar refractivity (Wildman–Crippen MR) is 164 cm³/mol. The molecule has 2 aromatic heterocycles. The van der Waals surface area contributed by atoms with E-state index in [-0.39, 0.29) is 54.7 Å². The molecule has 5 heterocycles. The fourth-order valence-electron chi connectivity index (χ4n) is 7.46. The minimum absolute atomic E-state index is 0.122. The molecule has 0 aliphatic carbocycles. The van der Waals surface area contributed by atoms with Crippen molar-refractivity contribution in [2.75, 3.05) is 9.80 Å².